The number of thioether (sulfide) groups is 1. The smallest absolute Gasteiger partial charge is 0.389 e. The van der Waals surface area contributed by atoms with Crippen molar-refractivity contribution in [3.05, 3.63) is 65.7 Å². The van der Waals surface area contributed by atoms with Gasteiger partial charge in [0.2, 0.25) is 29.5 Å². The molecule has 0 aliphatic carbocycles. The minimum atomic E-state index is -4.63. The molecule has 0 spiro atoms. The molecule has 0 saturated carbocycles. The Morgan fingerprint density at radius 1 is 0.804 bits per heavy atom. The second-order valence-corrected chi connectivity index (χ2v) is 11.5. The van der Waals surface area contributed by atoms with Crippen LogP contribution in [-0.4, -0.2) is 83.5 Å². The number of halogens is 3. The van der Waals surface area contributed by atoms with E-state index in [9.17, 15) is 42.3 Å². The minimum absolute atomic E-state index is 0.0114. The number of primary amides is 1. The average Bonchev–Trinajstić information content (AvgIpc) is 3.00. The molecule has 4 atom stereocenters. The number of hydrogen-bond acceptors (Lipinski definition) is 8. The molecule has 2 rings (SSSR count). The fourth-order valence-electron chi connectivity index (χ4n) is 4.22. The molecule has 0 aliphatic rings. The van der Waals surface area contributed by atoms with Gasteiger partial charge in [0, 0.05) is 12.8 Å². The number of alkyl halides is 3. The molecule has 12 nitrogen and oxygen atoms in total. The van der Waals surface area contributed by atoms with E-state index < -0.39 is 79.3 Å². The summed E-state index contributed by atoms with van der Waals surface area (Å²) < 4.78 is 39.0. The van der Waals surface area contributed by atoms with Gasteiger partial charge in [-0.05, 0) is 54.5 Å². The van der Waals surface area contributed by atoms with Gasteiger partial charge in [0.1, 0.15) is 23.9 Å². The zero-order chi connectivity index (χ0) is 34.3. The minimum Gasteiger partial charge on any atom is -0.508 e. The first kappa shape index (κ1) is 37.9. The van der Waals surface area contributed by atoms with Crippen molar-refractivity contribution < 1.29 is 42.3 Å². The normalized spacial score (nSPS) is 13.8. The molecule has 0 aromatic heterocycles. The quantitative estimate of drug-likeness (QED) is 0.120. The molecule has 0 fully saturated rings. The molecule has 0 bridgehead atoms. The van der Waals surface area contributed by atoms with E-state index in [0.717, 1.165) is 0 Å². The zero-order valence-corrected chi connectivity index (χ0v) is 26.0. The van der Waals surface area contributed by atoms with E-state index in [-0.39, 0.29) is 25.0 Å². The Labute approximate surface area is 268 Å². The summed E-state index contributed by atoms with van der Waals surface area (Å²) in [6, 6.07) is 9.32. The predicted octanol–water partition coefficient (Wildman–Crippen LogP) is 0.656. The van der Waals surface area contributed by atoms with E-state index in [4.69, 9.17) is 11.5 Å². The molecule has 46 heavy (non-hydrogen) atoms. The largest absolute Gasteiger partial charge is 0.508 e. The number of carbonyl (C=O) groups excluding carboxylic acids is 5. The van der Waals surface area contributed by atoms with Crippen molar-refractivity contribution in [2.45, 2.75) is 62.4 Å². The summed E-state index contributed by atoms with van der Waals surface area (Å²) in [5.41, 5.74) is 12.6. The summed E-state index contributed by atoms with van der Waals surface area (Å²) in [4.78, 5) is 63.4. The fourth-order valence-corrected chi connectivity index (χ4v) is 4.69. The van der Waals surface area contributed by atoms with Gasteiger partial charge in [-0.1, -0.05) is 42.5 Å². The van der Waals surface area contributed by atoms with Crippen molar-refractivity contribution in [3.8, 4) is 5.75 Å². The highest BCUT2D eigenvalue weighted by molar-refractivity contribution is 7.98. The number of nitrogens with two attached hydrogens (primary N) is 2. The third-order valence-electron chi connectivity index (χ3n) is 6.71. The van der Waals surface area contributed by atoms with Crippen LogP contribution in [0, 0.1) is 0 Å². The van der Waals surface area contributed by atoms with Crippen molar-refractivity contribution in [2.24, 2.45) is 11.5 Å². The van der Waals surface area contributed by atoms with Crippen LogP contribution in [0.25, 0.3) is 0 Å². The maximum absolute atomic E-state index is 13.1. The topological polar surface area (TPSA) is 206 Å². The van der Waals surface area contributed by atoms with Crippen LogP contribution in [-0.2, 0) is 36.8 Å². The molecule has 0 aliphatic heterocycles. The second-order valence-electron chi connectivity index (χ2n) is 10.5. The fraction of sp³-hybridized carbons (Fsp3) is 0.433. The van der Waals surface area contributed by atoms with Crippen LogP contribution >= 0.6 is 11.8 Å². The summed E-state index contributed by atoms with van der Waals surface area (Å²) in [5, 5.41) is 18.8. The summed E-state index contributed by atoms with van der Waals surface area (Å²) in [6.45, 7) is -0.735. The summed E-state index contributed by atoms with van der Waals surface area (Å²) in [6.07, 6.45) is -4.79. The summed E-state index contributed by atoms with van der Waals surface area (Å²) >= 11 is 1.45. The lowest BCUT2D eigenvalue weighted by molar-refractivity contribution is -0.142. The molecule has 2 aromatic rings. The van der Waals surface area contributed by atoms with Crippen molar-refractivity contribution in [3.63, 3.8) is 0 Å². The maximum atomic E-state index is 13.1. The Kier molecular flexibility index (Phi) is 15.3. The van der Waals surface area contributed by atoms with E-state index in [1.165, 1.54) is 36.0 Å². The highest BCUT2D eigenvalue weighted by Gasteiger charge is 2.32. The molecule has 16 heteroatoms. The number of benzene rings is 2. The van der Waals surface area contributed by atoms with Crippen LogP contribution in [0.5, 0.6) is 5.75 Å². The molecule has 0 heterocycles. The molecule has 5 amide bonds. The van der Waals surface area contributed by atoms with Gasteiger partial charge in [-0.2, -0.15) is 24.9 Å². The third kappa shape index (κ3) is 14.2. The molecular weight excluding hydrogens is 629 g/mol. The van der Waals surface area contributed by atoms with Crippen LogP contribution in [0.15, 0.2) is 54.6 Å². The maximum Gasteiger partial charge on any atom is 0.389 e. The number of phenols is 1. The summed E-state index contributed by atoms with van der Waals surface area (Å²) in [7, 11) is 0. The van der Waals surface area contributed by atoms with Crippen LogP contribution in [0.1, 0.15) is 30.4 Å². The van der Waals surface area contributed by atoms with Gasteiger partial charge >= 0.3 is 6.18 Å². The van der Waals surface area contributed by atoms with E-state index >= 15 is 0 Å². The van der Waals surface area contributed by atoms with E-state index in [1.54, 1.807) is 30.3 Å². The van der Waals surface area contributed by atoms with Gasteiger partial charge in [0.05, 0.1) is 12.6 Å². The Hall–Kier alpha value is -4.31. The summed E-state index contributed by atoms with van der Waals surface area (Å²) in [5.74, 6) is -3.76. The third-order valence-corrected chi connectivity index (χ3v) is 7.35. The number of hydrogen-bond donors (Lipinski definition) is 7. The lowest BCUT2D eigenvalue weighted by Gasteiger charge is -2.23. The van der Waals surface area contributed by atoms with Crippen LogP contribution in [0.2, 0.25) is 0 Å². The molecule has 0 saturated heterocycles. The van der Waals surface area contributed by atoms with Crippen LogP contribution < -0.4 is 32.7 Å². The second kappa shape index (κ2) is 18.6. The van der Waals surface area contributed by atoms with Crippen molar-refractivity contribution in [1.82, 2.24) is 21.3 Å². The van der Waals surface area contributed by atoms with Crippen LogP contribution in [0.4, 0.5) is 13.2 Å². The monoisotopic (exact) mass is 668 g/mol. The number of amides is 5. The van der Waals surface area contributed by atoms with Gasteiger partial charge in [-0.25, -0.2) is 0 Å². The molecule has 9 N–H and O–H groups in total. The molecular formula is C30H39F3N6O6S. The Bertz CT molecular complexity index is 1320. The van der Waals surface area contributed by atoms with Gasteiger partial charge in [0.25, 0.3) is 0 Å². The first-order valence-electron chi connectivity index (χ1n) is 14.3. The van der Waals surface area contributed by atoms with Gasteiger partial charge < -0.3 is 37.8 Å². The molecule has 2 aromatic carbocycles. The number of carbonyl (C=O) groups is 5. The number of phenolic OH excluding ortho intramolecular Hbond substituents is 1. The predicted molar refractivity (Wildman–Crippen MR) is 166 cm³/mol. The van der Waals surface area contributed by atoms with Crippen molar-refractivity contribution >= 4 is 41.3 Å². The SMILES string of the molecule is CSCC[C@H](NC(=O)[C@H](Cc1ccccc1)NC(=O)CNC(=O)[C@@H](CCC(F)(F)F)NC(=O)[C@@H](N)Cc1ccc(O)cc1)C(N)=O. The van der Waals surface area contributed by atoms with Gasteiger partial charge in [-0.3, -0.25) is 24.0 Å². The standard InChI is InChI=1S/C30H39F3N6O6S/c1-46-14-12-22(26(35)42)38-29(45)24(16-18-5-3-2-4-6-18)37-25(41)17-36-28(44)23(11-13-30(31,32)33)39-27(43)21(34)15-19-7-9-20(40)10-8-19/h2-10,21-24,40H,11-17,34H2,1H3,(H2,35,42)(H,36,44)(H,37,41)(H,38,45)(H,39,43)/t21-,22-,23+,24-/m0/s1. The lowest BCUT2D eigenvalue weighted by Crippen LogP contribution is -2.56. The Morgan fingerprint density at radius 3 is 2.00 bits per heavy atom. The number of nitrogens with one attached hydrogen (secondary N) is 4. The number of aromatic hydroxyl groups is 1. The van der Waals surface area contributed by atoms with E-state index in [0.29, 0.717) is 16.9 Å². The van der Waals surface area contributed by atoms with Crippen molar-refractivity contribution in [2.75, 3.05) is 18.6 Å². The first-order chi connectivity index (χ1) is 21.7. The Balaban J connectivity index is 2.09. The zero-order valence-electron chi connectivity index (χ0n) is 25.1. The van der Waals surface area contributed by atoms with E-state index in [2.05, 4.69) is 21.3 Å². The molecule has 0 unspecified atom stereocenters. The van der Waals surface area contributed by atoms with E-state index in [1.807, 2.05) is 6.26 Å². The van der Waals surface area contributed by atoms with Crippen molar-refractivity contribution in [1.29, 1.82) is 0 Å². The molecule has 252 valence electrons. The highest BCUT2D eigenvalue weighted by Crippen LogP contribution is 2.22. The molecule has 0 radical (unpaired) electrons. The van der Waals surface area contributed by atoms with Gasteiger partial charge in [-0.15, -0.1) is 0 Å². The highest BCUT2D eigenvalue weighted by atomic mass is 32.2. The van der Waals surface area contributed by atoms with Gasteiger partial charge in [0.15, 0.2) is 0 Å². The lowest BCUT2D eigenvalue weighted by atomic mass is 10.0. The Morgan fingerprint density at radius 2 is 1.41 bits per heavy atom. The first-order valence-corrected chi connectivity index (χ1v) is 15.7. The number of rotatable bonds is 18. The van der Waals surface area contributed by atoms with Crippen LogP contribution in [0.3, 0.4) is 0 Å². The average molecular weight is 669 g/mol.